The lowest BCUT2D eigenvalue weighted by Crippen LogP contribution is -2.06. The molecule has 0 aliphatic heterocycles. The lowest BCUT2D eigenvalue weighted by molar-refractivity contribution is 0.0994. The second-order valence-corrected chi connectivity index (χ2v) is 8.15. The van der Waals surface area contributed by atoms with Crippen molar-refractivity contribution in [3.63, 3.8) is 0 Å². The first-order chi connectivity index (χ1) is 14.9. The van der Waals surface area contributed by atoms with Gasteiger partial charge in [0.25, 0.3) is 5.88 Å². The Bertz CT molecular complexity index is 1260. The quantitative estimate of drug-likeness (QED) is 0.324. The molecule has 0 saturated heterocycles. The lowest BCUT2D eigenvalue weighted by Gasteiger charge is -2.09. The Hall–Kier alpha value is -2.96. The smallest absolute Gasteiger partial charge is 0.258 e. The van der Waals surface area contributed by atoms with Gasteiger partial charge in [0.1, 0.15) is 5.76 Å². The molecule has 0 unspecified atom stereocenters. The second-order valence-electron chi connectivity index (χ2n) is 7.33. The average molecular weight is 456 g/mol. The molecular weight excluding hydrogens is 437 g/mol. The third-order valence-electron chi connectivity index (χ3n) is 5.05. The van der Waals surface area contributed by atoms with Crippen LogP contribution in [0.3, 0.4) is 0 Å². The third-order valence-corrected chi connectivity index (χ3v) is 5.70. The second kappa shape index (κ2) is 8.65. The first-order valence-electron chi connectivity index (χ1n) is 9.62. The Morgan fingerprint density at radius 3 is 2.55 bits per heavy atom. The number of Topliss-reactive ketones (excluding diaryl/α,β-unsaturated/α-hetero) is 1. The highest BCUT2D eigenvalue weighted by molar-refractivity contribution is 6.36. The highest BCUT2D eigenvalue weighted by Crippen LogP contribution is 2.37. The molecule has 8 heteroatoms. The zero-order valence-electron chi connectivity index (χ0n) is 17.1. The van der Waals surface area contributed by atoms with Crippen LogP contribution in [0, 0.1) is 0 Å². The van der Waals surface area contributed by atoms with Crippen LogP contribution in [-0.2, 0) is 6.42 Å². The first-order valence-corrected chi connectivity index (χ1v) is 10.4. The van der Waals surface area contributed by atoms with Gasteiger partial charge in [-0.15, -0.1) is 0 Å². The minimum absolute atomic E-state index is 0.00788. The molecule has 0 aliphatic carbocycles. The van der Waals surface area contributed by atoms with Gasteiger partial charge in [-0.3, -0.25) is 14.8 Å². The molecule has 0 aliphatic rings. The molecule has 4 heterocycles. The van der Waals surface area contributed by atoms with Crippen LogP contribution < -0.4 is 4.74 Å². The van der Waals surface area contributed by atoms with E-state index in [1.165, 1.54) is 25.7 Å². The van der Waals surface area contributed by atoms with Crippen molar-refractivity contribution in [2.45, 2.75) is 26.2 Å². The highest BCUT2D eigenvalue weighted by atomic mass is 35.5. The van der Waals surface area contributed by atoms with Gasteiger partial charge >= 0.3 is 0 Å². The van der Waals surface area contributed by atoms with Crippen molar-refractivity contribution in [1.82, 2.24) is 15.0 Å². The van der Waals surface area contributed by atoms with E-state index < -0.39 is 0 Å². The summed E-state index contributed by atoms with van der Waals surface area (Å²) in [6.45, 7) is 4.20. The molecule has 158 valence electrons. The van der Waals surface area contributed by atoms with E-state index in [2.05, 4.69) is 28.8 Å². The molecule has 4 aromatic heterocycles. The molecular formula is C23H19Cl2N3O3. The van der Waals surface area contributed by atoms with E-state index in [1.807, 2.05) is 12.1 Å². The van der Waals surface area contributed by atoms with E-state index >= 15 is 0 Å². The number of hydrogen-bond acceptors (Lipinski definition) is 6. The average Bonchev–Trinajstić information content (AvgIpc) is 3.21. The molecule has 0 bridgehead atoms. The molecule has 0 saturated carbocycles. The van der Waals surface area contributed by atoms with Gasteiger partial charge in [-0.25, -0.2) is 4.98 Å². The number of fused-ring (bicyclic) bond motifs is 1. The summed E-state index contributed by atoms with van der Waals surface area (Å²) in [5.41, 5.74) is 3.25. The fraction of sp³-hybridized carbons (Fsp3) is 0.217. The fourth-order valence-electron chi connectivity index (χ4n) is 3.48. The Kier molecular flexibility index (Phi) is 5.94. The lowest BCUT2D eigenvalue weighted by atomic mass is 9.97. The standard InChI is InChI=1S/C23H19Cl2N3O3/c1-12(2)13-4-5-26-8-17(13)21-7-14-16(9-28-23(30-3)22(14)31-21)20(29)6-15-18(24)10-27-11-19(15)25/h4-5,7-12H,6H2,1-3H3. The topological polar surface area (TPSA) is 78.1 Å². The van der Waals surface area contributed by atoms with Crippen LogP contribution in [0.25, 0.3) is 22.3 Å². The van der Waals surface area contributed by atoms with Crippen LogP contribution >= 0.6 is 23.2 Å². The SMILES string of the molecule is COc1ncc(C(=O)Cc2c(Cl)cncc2Cl)c2cc(-c3cnccc3C(C)C)oc12. The summed E-state index contributed by atoms with van der Waals surface area (Å²) in [5.74, 6) is 0.959. The molecule has 4 aromatic rings. The van der Waals surface area contributed by atoms with Gasteiger partial charge in [0, 0.05) is 59.5 Å². The number of ketones is 1. The third kappa shape index (κ3) is 4.01. The Balaban J connectivity index is 1.84. The minimum atomic E-state index is -0.197. The van der Waals surface area contributed by atoms with E-state index in [-0.39, 0.29) is 18.1 Å². The molecule has 0 aromatic carbocycles. The fourth-order valence-corrected chi connectivity index (χ4v) is 3.98. The van der Waals surface area contributed by atoms with Crippen molar-refractivity contribution in [2.75, 3.05) is 7.11 Å². The van der Waals surface area contributed by atoms with E-state index in [9.17, 15) is 4.79 Å². The van der Waals surface area contributed by atoms with Crippen LogP contribution in [0.1, 0.15) is 41.3 Å². The van der Waals surface area contributed by atoms with E-state index in [0.717, 1.165) is 11.1 Å². The number of ether oxygens (including phenoxy) is 1. The molecule has 0 atom stereocenters. The molecule has 4 rings (SSSR count). The number of pyridine rings is 3. The number of rotatable bonds is 6. The normalized spacial score (nSPS) is 11.3. The Morgan fingerprint density at radius 1 is 1.13 bits per heavy atom. The molecule has 0 fully saturated rings. The van der Waals surface area contributed by atoms with E-state index in [0.29, 0.717) is 43.8 Å². The van der Waals surface area contributed by atoms with Gasteiger partial charge in [0.05, 0.1) is 17.2 Å². The first kappa shape index (κ1) is 21.3. The number of hydrogen-bond donors (Lipinski definition) is 0. The summed E-state index contributed by atoms with van der Waals surface area (Å²) >= 11 is 12.4. The molecule has 0 spiro atoms. The summed E-state index contributed by atoms with van der Waals surface area (Å²) in [4.78, 5) is 25.6. The van der Waals surface area contributed by atoms with Crippen LogP contribution in [0.15, 0.2) is 47.5 Å². The van der Waals surface area contributed by atoms with Crippen molar-refractivity contribution >= 4 is 40.0 Å². The maximum Gasteiger partial charge on any atom is 0.258 e. The van der Waals surface area contributed by atoms with Crippen molar-refractivity contribution < 1.29 is 13.9 Å². The molecule has 6 nitrogen and oxygen atoms in total. The summed E-state index contributed by atoms with van der Waals surface area (Å²) in [6.07, 6.45) is 7.92. The summed E-state index contributed by atoms with van der Waals surface area (Å²) < 4.78 is 11.5. The summed E-state index contributed by atoms with van der Waals surface area (Å²) in [6, 6.07) is 3.79. The molecule has 0 amide bonds. The maximum atomic E-state index is 13.2. The number of nitrogens with zero attached hydrogens (tertiary/aromatic N) is 3. The van der Waals surface area contributed by atoms with Crippen molar-refractivity contribution in [3.8, 4) is 17.2 Å². The summed E-state index contributed by atoms with van der Waals surface area (Å²) in [7, 11) is 1.51. The zero-order chi connectivity index (χ0) is 22.1. The van der Waals surface area contributed by atoms with Crippen molar-refractivity contribution in [2.24, 2.45) is 0 Å². The number of methoxy groups -OCH3 is 1. The molecule has 0 N–H and O–H groups in total. The highest BCUT2D eigenvalue weighted by Gasteiger charge is 2.22. The van der Waals surface area contributed by atoms with Gasteiger partial charge in [0.15, 0.2) is 11.4 Å². The zero-order valence-corrected chi connectivity index (χ0v) is 18.7. The van der Waals surface area contributed by atoms with Crippen LogP contribution in [0.2, 0.25) is 10.0 Å². The van der Waals surface area contributed by atoms with Crippen molar-refractivity contribution in [3.05, 3.63) is 69.9 Å². The number of carbonyl (C=O) groups excluding carboxylic acids is 1. The van der Waals surface area contributed by atoms with Crippen molar-refractivity contribution in [1.29, 1.82) is 0 Å². The van der Waals surface area contributed by atoms with Gasteiger partial charge in [0.2, 0.25) is 0 Å². The predicted molar refractivity (Wildman–Crippen MR) is 120 cm³/mol. The van der Waals surface area contributed by atoms with Crippen LogP contribution in [0.4, 0.5) is 0 Å². The predicted octanol–water partition coefficient (Wildman–Crippen LogP) is 6.15. The molecule has 0 radical (unpaired) electrons. The minimum Gasteiger partial charge on any atom is -0.478 e. The van der Waals surface area contributed by atoms with E-state index in [1.54, 1.807) is 12.4 Å². The Labute approximate surface area is 189 Å². The van der Waals surface area contributed by atoms with Gasteiger partial charge in [-0.1, -0.05) is 37.0 Å². The molecule has 31 heavy (non-hydrogen) atoms. The van der Waals surface area contributed by atoms with Crippen LogP contribution in [-0.4, -0.2) is 27.8 Å². The van der Waals surface area contributed by atoms with Gasteiger partial charge in [-0.2, -0.15) is 0 Å². The summed E-state index contributed by atoms with van der Waals surface area (Å²) in [5, 5.41) is 1.28. The van der Waals surface area contributed by atoms with Gasteiger partial charge in [-0.05, 0) is 23.6 Å². The van der Waals surface area contributed by atoms with E-state index in [4.69, 9.17) is 32.4 Å². The number of furan rings is 1. The number of halogens is 2. The number of carbonyl (C=O) groups is 1. The largest absolute Gasteiger partial charge is 0.478 e. The number of aromatic nitrogens is 3. The maximum absolute atomic E-state index is 13.2. The monoisotopic (exact) mass is 455 g/mol. The Morgan fingerprint density at radius 2 is 1.87 bits per heavy atom. The van der Waals surface area contributed by atoms with Gasteiger partial charge < -0.3 is 9.15 Å². The van der Waals surface area contributed by atoms with Crippen LogP contribution in [0.5, 0.6) is 5.88 Å².